The maximum atomic E-state index is 13.8. The van der Waals surface area contributed by atoms with Crippen LogP contribution in [0.2, 0.25) is 0 Å². The summed E-state index contributed by atoms with van der Waals surface area (Å²) in [5, 5.41) is 6.77. The third-order valence-corrected chi connectivity index (χ3v) is 8.10. The highest BCUT2D eigenvalue weighted by Gasteiger charge is 2.61. The Morgan fingerprint density at radius 2 is 1.82 bits per heavy atom. The Labute approximate surface area is 237 Å². The number of nitrogens with one attached hydrogen (secondary N) is 2. The molecule has 9 nitrogen and oxygen atoms in total. The van der Waals surface area contributed by atoms with Gasteiger partial charge in [0.15, 0.2) is 11.5 Å². The predicted molar refractivity (Wildman–Crippen MR) is 153 cm³/mol. The lowest BCUT2D eigenvalue weighted by Crippen LogP contribution is -2.44. The van der Waals surface area contributed by atoms with Gasteiger partial charge in [-0.05, 0) is 62.1 Å². The molecule has 2 aromatic rings. The van der Waals surface area contributed by atoms with Gasteiger partial charge in [0.05, 0.1) is 27.2 Å². The zero-order chi connectivity index (χ0) is 28.7. The van der Waals surface area contributed by atoms with Gasteiger partial charge in [-0.2, -0.15) is 0 Å². The molecule has 3 atom stereocenters. The minimum Gasteiger partial charge on any atom is -0.497 e. The zero-order valence-electron chi connectivity index (χ0n) is 24.3. The molecule has 2 aromatic carbocycles. The van der Waals surface area contributed by atoms with Gasteiger partial charge in [-0.3, -0.25) is 9.59 Å². The van der Waals surface area contributed by atoms with Crippen molar-refractivity contribution in [3.63, 3.8) is 0 Å². The van der Waals surface area contributed by atoms with Crippen molar-refractivity contribution in [2.45, 2.75) is 45.2 Å². The molecule has 2 fully saturated rings. The molecule has 0 radical (unpaired) electrons. The number of carbonyl (C=O) groups excluding carboxylic acids is 2. The van der Waals surface area contributed by atoms with Crippen LogP contribution in [0.5, 0.6) is 17.2 Å². The van der Waals surface area contributed by atoms with Crippen molar-refractivity contribution < 1.29 is 28.5 Å². The number of carbonyl (C=O) groups is 2. The summed E-state index contributed by atoms with van der Waals surface area (Å²) < 4.78 is 21.7. The fraction of sp³-hybridized carbons (Fsp3) is 0.548. The van der Waals surface area contributed by atoms with Gasteiger partial charge in [-0.15, -0.1) is 0 Å². The first kappa shape index (κ1) is 29.7. The Hall–Kier alpha value is -3.30. The molecule has 218 valence electrons. The average Bonchev–Trinajstić information content (AvgIpc) is 3.48. The number of nitrogens with zero attached hydrogens (tertiary/aromatic N) is 1. The maximum absolute atomic E-state index is 13.8. The van der Waals surface area contributed by atoms with Gasteiger partial charge in [-0.1, -0.05) is 12.1 Å². The summed E-state index contributed by atoms with van der Waals surface area (Å²) >= 11 is 0. The van der Waals surface area contributed by atoms with Gasteiger partial charge in [0.25, 0.3) is 5.91 Å². The second kappa shape index (κ2) is 13.4. The highest BCUT2D eigenvalue weighted by Crippen LogP contribution is 2.54. The SMILES string of the molecule is COCCCOc1cc(C(=O)N(C[C@@H]2CNCC23CC3NC(=O)Cc2ccc(OC)cc2)C(C)C)ccc1OC. The maximum Gasteiger partial charge on any atom is 0.254 e. The van der Waals surface area contributed by atoms with E-state index in [1.54, 1.807) is 39.5 Å². The molecule has 40 heavy (non-hydrogen) atoms. The van der Waals surface area contributed by atoms with Gasteiger partial charge < -0.3 is 34.5 Å². The van der Waals surface area contributed by atoms with E-state index in [0.29, 0.717) is 43.2 Å². The van der Waals surface area contributed by atoms with E-state index in [2.05, 4.69) is 10.6 Å². The summed E-state index contributed by atoms with van der Waals surface area (Å²) in [6.45, 7) is 7.43. The summed E-state index contributed by atoms with van der Waals surface area (Å²) in [5.41, 5.74) is 1.49. The minimum atomic E-state index is -0.0396. The van der Waals surface area contributed by atoms with E-state index in [0.717, 1.165) is 37.2 Å². The van der Waals surface area contributed by atoms with Crippen molar-refractivity contribution in [1.29, 1.82) is 0 Å². The van der Waals surface area contributed by atoms with Crippen LogP contribution in [0.4, 0.5) is 0 Å². The number of amides is 2. The Morgan fingerprint density at radius 3 is 2.50 bits per heavy atom. The van der Waals surface area contributed by atoms with E-state index in [9.17, 15) is 9.59 Å². The van der Waals surface area contributed by atoms with Crippen molar-refractivity contribution in [2.75, 3.05) is 54.2 Å². The molecule has 9 heteroatoms. The van der Waals surface area contributed by atoms with Crippen LogP contribution >= 0.6 is 0 Å². The zero-order valence-corrected chi connectivity index (χ0v) is 24.3. The van der Waals surface area contributed by atoms with Crippen LogP contribution in [0.15, 0.2) is 42.5 Å². The largest absolute Gasteiger partial charge is 0.497 e. The Morgan fingerprint density at radius 1 is 1.05 bits per heavy atom. The Bertz CT molecular complexity index is 1150. The van der Waals surface area contributed by atoms with Crippen molar-refractivity contribution in [1.82, 2.24) is 15.5 Å². The molecule has 1 spiro atoms. The van der Waals surface area contributed by atoms with Gasteiger partial charge >= 0.3 is 0 Å². The first-order valence-corrected chi connectivity index (χ1v) is 14.0. The standard InChI is InChI=1S/C31H43N3O6/c1-21(2)34(30(36)23-9-12-26(39-5)27(16-23)40-14-6-13-37-3)19-24-18-32-20-31(24)17-28(31)33-29(35)15-22-7-10-25(38-4)11-8-22/h7-12,16,21,24,28,32H,6,13-15,17-20H2,1-5H3,(H,33,35)/t24-,28?,31?/m0/s1. The number of methoxy groups -OCH3 is 3. The molecule has 1 saturated heterocycles. The van der Waals surface area contributed by atoms with Crippen molar-refractivity contribution in [3.8, 4) is 17.2 Å². The van der Waals surface area contributed by atoms with Crippen molar-refractivity contribution >= 4 is 11.8 Å². The number of ether oxygens (including phenoxy) is 4. The quantitative estimate of drug-likeness (QED) is 0.347. The van der Waals surface area contributed by atoms with Crippen LogP contribution in [0.1, 0.15) is 42.6 Å². The van der Waals surface area contributed by atoms with Crippen LogP contribution < -0.4 is 24.8 Å². The van der Waals surface area contributed by atoms with Gasteiger partial charge in [0.1, 0.15) is 5.75 Å². The lowest BCUT2D eigenvalue weighted by Gasteiger charge is -2.32. The summed E-state index contributed by atoms with van der Waals surface area (Å²) in [5.74, 6) is 2.14. The minimum absolute atomic E-state index is 0.0141. The highest BCUT2D eigenvalue weighted by atomic mass is 16.5. The number of benzene rings is 2. The van der Waals surface area contributed by atoms with Gasteiger partial charge in [-0.25, -0.2) is 0 Å². The molecule has 2 N–H and O–H groups in total. The lowest BCUT2D eigenvalue weighted by atomic mass is 9.90. The topological polar surface area (TPSA) is 98.4 Å². The van der Waals surface area contributed by atoms with Gasteiger partial charge in [0.2, 0.25) is 5.91 Å². The van der Waals surface area contributed by atoms with Crippen molar-refractivity contribution in [2.24, 2.45) is 11.3 Å². The van der Waals surface area contributed by atoms with Crippen LogP contribution in [0, 0.1) is 11.3 Å². The molecule has 1 saturated carbocycles. The van der Waals surface area contributed by atoms with Crippen molar-refractivity contribution in [3.05, 3.63) is 53.6 Å². The van der Waals surface area contributed by atoms with E-state index in [-0.39, 0.29) is 35.2 Å². The molecule has 1 aliphatic carbocycles. The fourth-order valence-corrected chi connectivity index (χ4v) is 5.65. The Kier molecular flexibility index (Phi) is 9.92. The van der Waals surface area contributed by atoms with E-state index in [4.69, 9.17) is 18.9 Å². The molecule has 1 heterocycles. The lowest BCUT2D eigenvalue weighted by molar-refractivity contribution is -0.120. The molecule has 2 unspecified atom stereocenters. The fourth-order valence-electron chi connectivity index (χ4n) is 5.65. The van der Waals surface area contributed by atoms with E-state index >= 15 is 0 Å². The molecule has 0 aromatic heterocycles. The molecular weight excluding hydrogens is 510 g/mol. The average molecular weight is 554 g/mol. The summed E-state index contributed by atoms with van der Waals surface area (Å²) in [6.07, 6.45) is 1.99. The first-order valence-electron chi connectivity index (χ1n) is 14.0. The van der Waals surface area contributed by atoms with Gasteiger partial charge in [0, 0.05) is 62.8 Å². The third-order valence-electron chi connectivity index (χ3n) is 8.10. The Balaban J connectivity index is 1.39. The molecule has 2 aliphatic rings. The second-order valence-corrected chi connectivity index (χ2v) is 11.0. The molecule has 2 amide bonds. The summed E-state index contributed by atoms with van der Waals surface area (Å²) in [4.78, 5) is 28.5. The smallest absolute Gasteiger partial charge is 0.254 e. The number of hydrogen-bond donors (Lipinski definition) is 2. The van der Waals surface area contributed by atoms with E-state index in [1.165, 1.54) is 0 Å². The predicted octanol–water partition coefficient (Wildman–Crippen LogP) is 3.31. The molecule has 4 rings (SSSR count). The summed E-state index contributed by atoms with van der Waals surface area (Å²) in [7, 11) is 4.88. The number of rotatable bonds is 14. The van der Waals surface area contributed by atoms with Crippen LogP contribution in [0.3, 0.4) is 0 Å². The number of hydrogen-bond acceptors (Lipinski definition) is 7. The summed E-state index contributed by atoms with van der Waals surface area (Å²) in [6, 6.07) is 13.0. The highest BCUT2D eigenvalue weighted by molar-refractivity contribution is 5.95. The monoisotopic (exact) mass is 553 g/mol. The van der Waals surface area contributed by atoms with Crippen LogP contribution in [-0.2, 0) is 16.0 Å². The first-order chi connectivity index (χ1) is 19.3. The molecular formula is C31H43N3O6. The van der Waals surface area contributed by atoms with Crippen LogP contribution in [-0.4, -0.2) is 83.0 Å². The second-order valence-electron chi connectivity index (χ2n) is 11.0. The van der Waals surface area contributed by atoms with Crippen LogP contribution in [0.25, 0.3) is 0 Å². The molecule has 1 aliphatic heterocycles. The van der Waals surface area contributed by atoms with E-state index in [1.807, 2.05) is 43.0 Å². The third kappa shape index (κ3) is 6.88. The van der Waals surface area contributed by atoms with E-state index < -0.39 is 0 Å². The normalized spacial score (nSPS) is 21.4. The molecule has 0 bridgehead atoms.